The summed E-state index contributed by atoms with van der Waals surface area (Å²) in [5, 5.41) is 14.2. The third-order valence-electron chi connectivity index (χ3n) is 3.21. The van der Waals surface area contributed by atoms with E-state index in [9.17, 15) is 14.9 Å². The van der Waals surface area contributed by atoms with Crippen LogP contribution in [-0.4, -0.2) is 16.7 Å². The van der Waals surface area contributed by atoms with E-state index < -0.39 is 10.9 Å². The molecule has 2 N–H and O–H groups in total. The van der Waals surface area contributed by atoms with Crippen molar-refractivity contribution in [1.82, 2.24) is 0 Å². The number of hydrogen-bond acceptors (Lipinski definition) is 5. The van der Waals surface area contributed by atoms with Crippen molar-refractivity contribution in [3.8, 4) is 0 Å². The lowest BCUT2D eigenvalue weighted by Gasteiger charge is -2.05. The summed E-state index contributed by atoms with van der Waals surface area (Å²) >= 11 is 0. The van der Waals surface area contributed by atoms with Crippen molar-refractivity contribution in [3.05, 3.63) is 74.8 Å². The second kappa shape index (κ2) is 6.69. The quantitative estimate of drug-likeness (QED) is 0.307. The number of aryl methyl sites for hydroxylation is 2. The van der Waals surface area contributed by atoms with Crippen LogP contribution in [0.25, 0.3) is 0 Å². The minimum absolute atomic E-state index is 0.0430. The zero-order valence-corrected chi connectivity index (χ0v) is 12.6. The van der Waals surface area contributed by atoms with Crippen molar-refractivity contribution >= 4 is 17.5 Å². The van der Waals surface area contributed by atoms with Gasteiger partial charge < -0.3 is 10.6 Å². The first-order chi connectivity index (χ1) is 10.9. The Morgan fingerprint density at radius 2 is 1.83 bits per heavy atom. The Kier molecular flexibility index (Phi) is 4.70. The molecule has 2 aromatic rings. The maximum Gasteiger partial charge on any atom is 0.366 e. The van der Waals surface area contributed by atoms with E-state index in [1.165, 1.54) is 24.3 Å². The topological polar surface area (TPSA) is 108 Å². The van der Waals surface area contributed by atoms with Crippen LogP contribution in [0.4, 0.5) is 5.69 Å². The summed E-state index contributed by atoms with van der Waals surface area (Å²) in [6.45, 7) is 3.66. The van der Waals surface area contributed by atoms with E-state index in [0.717, 1.165) is 11.1 Å². The predicted molar refractivity (Wildman–Crippen MR) is 85.2 cm³/mol. The summed E-state index contributed by atoms with van der Waals surface area (Å²) in [7, 11) is 0. The number of carbonyl (C=O) groups is 1. The molecule has 0 bridgehead atoms. The number of hydrogen-bond donors (Lipinski definition) is 1. The van der Waals surface area contributed by atoms with Crippen molar-refractivity contribution in [2.24, 2.45) is 10.9 Å². The maximum atomic E-state index is 12.0. The monoisotopic (exact) mass is 313 g/mol. The van der Waals surface area contributed by atoms with Gasteiger partial charge in [-0.2, -0.15) is 0 Å². The second-order valence-corrected chi connectivity index (χ2v) is 4.98. The molecule has 0 aliphatic rings. The molecule has 23 heavy (non-hydrogen) atoms. The van der Waals surface area contributed by atoms with Gasteiger partial charge in [0.1, 0.15) is 0 Å². The van der Waals surface area contributed by atoms with E-state index in [2.05, 4.69) is 5.16 Å². The van der Waals surface area contributed by atoms with Gasteiger partial charge in [0, 0.05) is 17.7 Å². The zero-order valence-electron chi connectivity index (χ0n) is 12.6. The van der Waals surface area contributed by atoms with Gasteiger partial charge in [0.25, 0.3) is 5.69 Å². The molecule has 2 aromatic carbocycles. The molecule has 0 atom stereocenters. The van der Waals surface area contributed by atoms with Gasteiger partial charge in [0.15, 0.2) is 5.84 Å². The molecule has 0 heterocycles. The number of rotatable bonds is 4. The molecule has 0 saturated heterocycles. The average Bonchev–Trinajstić information content (AvgIpc) is 2.54. The van der Waals surface area contributed by atoms with Crippen molar-refractivity contribution in [1.29, 1.82) is 0 Å². The first kappa shape index (κ1) is 16.2. The van der Waals surface area contributed by atoms with Crippen LogP contribution in [0, 0.1) is 24.0 Å². The first-order valence-corrected chi connectivity index (χ1v) is 6.75. The normalized spacial score (nSPS) is 11.1. The number of carbonyl (C=O) groups excluding carboxylic acids is 1. The number of nitro benzene ring substituents is 1. The number of nitrogens with two attached hydrogens (primary N) is 1. The number of non-ortho nitro benzene ring substituents is 1. The largest absolute Gasteiger partial charge is 0.380 e. The molecule has 118 valence electrons. The van der Waals surface area contributed by atoms with Gasteiger partial charge in [-0.25, -0.2) is 4.79 Å². The highest BCUT2D eigenvalue weighted by Crippen LogP contribution is 2.14. The third kappa shape index (κ3) is 3.91. The Balaban J connectivity index is 2.13. The van der Waals surface area contributed by atoms with E-state index in [0.29, 0.717) is 11.1 Å². The highest BCUT2D eigenvalue weighted by molar-refractivity contribution is 5.98. The smallest absolute Gasteiger partial charge is 0.366 e. The van der Waals surface area contributed by atoms with Gasteiger partial charge >= 0.3 is 5.97 Å². The molecule has 0 aliphatic heterocycles. The SMILES string of the molecule is Cc1ccc(C)c(C(=O)O/N=C(\N)c2ccc([N+](=O)[O-])cc2)c1. The molecule has 0 radical (unpaired) electrons. The van der Waals surface area contributed by atoms with E-state index in [4.69, 9.17) is 10.6 Å². The minimum atomic E-state index is -0.615. The molecule has 0 aliphatic carbocycles. The maximum absolute atomic E-state index is 12.0. The van der Waals surface area contributed by atoms with E-state index in [1.807, 2.05) is 19.1 Å². The Bertz CT molecular complexity index is 782. The fourth-order valence-corrected chi connectivity index (χ4v) is 1.90. The van der Waals surface area contributed by atoms with Crippen molar-refractivity contribution in [3.63, 3.8) is 0 Å². The average molecular weight is 313 g/mol. The molecular weight excluding hydrogens is 298 g/mol. The molecule has 7 nitrogen and oxygen atoms in total. The summed E-state index contributed by atoms with van der Waals surface area (Å²) in [4.78, 5) is 26.9. The lowest BCUT2D eigenvalue weighted by Crippen LogP contribution is -2.15. The summed E-state index contributed by atoms with van der Waals surface area (Å²) < 4.78 is 0. The Hall–Kier alpha value is -3.22. The van der Waals surface area contributed by atoms with Crippen LogP contribution in [0.2, 0.25) is 0 Å². The van der Waals surface area contributed by atoms with E-state index in [1.54, 1.807) is 13.0 Å². The highest BCUT2D eigenvalue weighted by atomic mass is 16.7. The number of oxime groups is 1. The van der Waals surface area contributed by atoms with Gasteiger partial charge in [-0.05, 0) is 37.6 Å². The second-order valence-electron chi connectivity index (χ2n) is 4.98. The molecule has 0 unspecified atom stereocenters. The van der Waals surface area contributed by atoms with Gasteiger partial charge in [-0.1, -0.05) is 22.9 Å². The molecule has 0 fully saturated rings. The lowest BCUT2D eigenvalue weighted by atomic mass is 10.1. The number of nitro groups is 1. The number of amidine groups is 1. The van der Waals surface area contributed by atoms with Crippen LogP contribution in [0.3, 0.4) is 0 Å². The fourth-order valence-electron chi connectivity index (χ4n) is 1.90. The zero-order chi connectivity index (χ0) is 17.0. The van der Waals surface area contributed by atoms with Gasteiger partial charge in [-0.3, -0.25) is 10.1 Å². The van der Waals surface area contributed by atoms with Crippen LogP contribution in [0.5, 0.6) is 0 Å². The summed E-state index contributed by atoms with van der Waals surface area (Å²) in [5.41, 5.74) is 8.18. The third-order valence-corrected chi connectivity index (χ3v) is 3.21. The summed E-state index contributed by atoms with van der Waals surface area (Å²) in [6.07, 6.45) is 0. The van der Waals surface area contributed by atoms with E-state index in [-0.39, 0.29) is 11.5 Å². The highest BCUT2D eigenvalue weighted by Gasteiger charge is 2.12. The number of benzene rings is 2. The van der Waals surface area contributed by atoms with Crippen LogP contribution >= 0.6 is 0 Å². The summed E-state index contributed by atoms with van der Waals surface area (Å²) in [5.74, 6) is -0.658. The predicted octanol–water partition coefficient (Wildman–Crippen LogP) is 2.69. The van der Waals surface area contributed by atoms with Gasteiger partial charge in [-0.15, -0.1) is 0 Å². The molecule has 0 amide bonds. The van der Waals surface area contributed by atoms with Crippen molar-refractivity contribution < 1.29 is 14.6 Å². The molecule has 7 heteroatoms. The molecule has 2 rings (SSSR count). The minimum Gasteiger partial charge on any atom is -0.380 e. The van der Waals surface area contributed by atoms with Crippen LogP contribution < -0.4 is 5.73 Å². The molecule has 0 saturated carbocycles. The van der Waals surface area contributed by atoms with Crippen LogP contribution in [0.1, 0.15) is 27.0 Å². The van der Waals surface area contributed by atoms with Crippen molar-refractivity contribution in [2.45, 2.75) is 13.8 Å². The molecule has 0 aromatic heterocycles. The van der Waals surface area contributed by atoms with Crippen LogP contribution in [0.15, 0.2) is 47.6 Å². The lowest BCUT2D eigenvalue weighted by molar-refractivity contribution is -0.384. The van der Waals surface area contributed by atoms with Crippen LogP contribution in [-0.2, 0) is 4.84 Å². The number of nitrogens with zero attached hydrogens (tertiary/aromatic N) is 2. The Morgan fingerprint density at radius 1 is 1.17 bits per heavy atom. The standard InChI is InChI=1S/C16H15N3O4/c1-10-3-4-11(2)14(9-10)16(20)23-18-15(17)12-5-7-13(8-6-12)19(21)22/h3-9H,1-2H3,(H2,17,18). The van der Waals surface area contributed by atoms with Gasteiger partial charge in [0.2, 0.25) is 0 Å². The first-order valence-electron chi connectivity index (χ1n) is 6.75. The summed E-state index contributed by atoms with van der Waals surface area (Å²) in [6, 6.07) is 10.9. The van der Waals surface area contributed by atoms with Gasteiger partial charge in [0.05, 0.1) is 10.5 Å². The van der Waals surface area contributed by atoms with E-state index >= 15 is 0 Å². The molecule has 0 spiro atoms. The molecular formula is C16H15N3O4. The Morgan fingerprint density at radius 3 is 2.43 bits per heavy atom. The Labute approximate surface area is 132 Å². The fraction of sp³-hybridized carbons (Fsp3) is 0.125. The van der Waals surface area contributed by atoms with Crippen molar-refractivity contribution in [2.75, 3.05) is 0 Å².